The monoisotopic (exact) mass is 263 g/mol. The van der Waals surface area contributed by atoms with E-state index >= 15 is 0 Å². The van der Waals surface area contributed by atoms with Gasteiger partial charge in [-0.3, -0.25) is 5.26 Å². The maximum absolute atomic E-state index is 12.2. The third-order valence-corrected chi connectivity index (χ3v) is 0.884. The van der Waals surface area contributed by atoms with Crippen LogP contribution in [0.25, 0.3) is 0 Å². The molecule has 0 aliphatic carbocycles. The average Bonchev–Trinajstić information content (AvgIpc) is 2.08. The molecule has 1 nitrogen and oxygen atoms in total. The Hall–Kier alpha value is -0.257. The van der Waals surface area contributed by atoms with Gasteiger partial charge in [-0.25, -0.2) is 4.39 Å². The second-order valence-electron chi connectivity index (χ2n) is 1.53. The van der Waals surface area contributed by atoms with Crippen molar-refractivity contribution in [3.05, 3.63) is 35.6 Å². The molecule has 11 heavy (non-hydrogen) atoms. The van der Waals surface area contributed by atoms with Crippen molar-refractivity contribution >= 4 is 13.6 Å². The summed E-state index contributed by atoms with van der Waals surface area (Å²) in [7, 11) is 0. The SMILES string of the molecule is N#Cc1[c-]ccc(F)c1.[Zn+][Br]. The van der Waals surface area contributed by atoms with Crippen LogP contribution in [0.2, 0.25) is 0 Å². The number of nitrogens with zero attached hydrogens (tertiary/aromatic N) is 1. The van der Waals surface area contributed by atoms with Gasteiger partial charge in [0, 0.05) is 5.82 Å². The summed E-state index contributed by atoms with van der Waals surface area (Å²) in [6.07, 6.45) is 0. The molecule has 0 aliphatic heterocycles. The van der Waals surface area contributed by atoms with Gasteiger partial charge in [-0.2, -0.15) is 0 Å². The fourth-order valence-electron chi connectivity index (χ4n) is 0.503. The molecule has 1 rings (SSSR count). The van der Waals surface area contributed by atoms with Crippen LogP contribution in [0.15, 0.2) is 18.2 Å². The number of benzene rings is 1. The van der Waals surface area contributed by atoms with E-state index in [9.17, 15) is 4.39 Å². The third-order valence-electron chi connectivity index (χ3n) is 0.884. The normalized spacial score (nSPS) is 7.55. The topological polar surface area (TPSA) is 23.8 Å². The molecule has 0 saturated carbocycles. The predicted octanol–water partition coefficient (Wildman–Crippen LogP) is 2.34. The first-order chi connectivity index (χ1) is 5.33. The Kier molecular flexibility index (Phi) is 6.30. The van der Waals surface area contributed by atoms with Crippen LogP contribution < -0.4 is 0 Å². The number of nitriles is 1. The molecule has 1 aromatic rings. The molecular formula is C7H3BrFNZn. The molecule has 4 heteroatoms. The second-order valence-corrected chi connectivity index (χ2v) is 1.53. The van der Waals surface area contributed by atoms with Crippen molar-refractivity contribution in [2.45, 2.75) is 0 Å². The molecule has 0 bridgehead atoms. The second kappa shape index (κ2) is 6.45. The fourth-order valence-corrected chi connectivity index (χ4v) is 0.503. The van der Waals surface area contributed by atoms with Gasteiger partial charge < -0.3 is 0 Å². The summed E-state index contributed by atoms with van der Waals surface area (Å²) in [4.78, 5) is 0. The molecule has 0 atom stereocenters. The van der Waals surface area contributed by atoms with Crippen LogP contribution in [-0.4, -0.2) is 0 Å². The molecule has 0 N–H and O–H groups in total. The predicted molar refractivity (Wildman–Crippen MR) is 38.9 cm³/mol. The van der Waals surface area contributed by atoms with Gasteiger partial charge in [0.15, 0.2) is 0 Å². The summed E-state index contributed by atoms with van der Waals surface area (Å²) in [5, 5.41) is 8.21. The van der Waals surface area contributed by atoms with Crippen LogP contribution in [0.5, 0.6) is 0 Å². The minimum atomic E-state index is -0.398. The summed E-state index contributed by atoms with van der Waals surface area (Å²) in [6, 6.07) is 8.10. The van der Waals surface area contributed by atoms with Crippen LogP contribution in [0.4, 0.5) is 4.39 Å². The molecule has 0 fully saturated rings. The van der Waals surface area contributed by atoms with Gasteiger partial charge in [0.2, 0.25) is 0 Å². The summed E-state index contributed by atoms with van der Waals surface area (Å²) in [6.45, 7) is 0. The Morgan fingerprint density at radius 1 is 1.64 bits per heavy atom. The Morgan fingerprint density at radius 2 is 2.27 bits per heavy atom. The van der Waals surface area contributed by atoms with E-state index in [4.69, 9.17) is 5.26 Å². The zero-order chi connectivity index (χ0) is 8.69. The van der Waals surface area contributed by atoms with Crippen molar-refractivity contribution in [3.63, 3.8) is 0 Å². The van der Waals surface area contributed by atoms with Crippen LogP contribution in [0, 0.1) is 23.2 Å². The fraction of sp³-hybridized carbons (Fsp3) is 0. The molecule has 0 radical (unpaired) electrons. The van der Waals surface area contributed by atoms with Crippen molar-refractivity contribution in [2.24, 2.45) is 0 Å². The number of hydrogen-bond donors (Lipinski definition) is 0. The molecule has 0 saturated heterocycles. The van der Waals surface area contributed by atoms with Gasteiger partial charge in [0.05, 0.1) is 0 Å². The van der Waals surface area contributed by atoms with E-state index in [-0.39, 0.29) is 5.56 Å². The molecular weight excluding hydrogens is 262 g/mol. The molecule has 52 valence electrons. The Morgan fingerprint density at radius 3 is 2.64 bits per heavy atom. The van der Waals surface area contributed by atoms with Gasteiger partial charge in [-0.1, -0.05) is 5.56 Å². The minimum absolute atomic E-state index is 0.231. The Balaban J connectivity index is 0.000000461. The molecule has 0 unspecified atom stereocenters. The van der Waals surface area contributed by atoms with Crippen LogP contribution in [0.3, 0.4) is 0 Å². The molecule has 1 aromatic carbocycles. The maximum atomic E-state index is 12.2. The first-order valence-corrected chi connectivity index (χ1v) is 9.62. The molecule has 0 amide bonds. The standard InChI is InChI=1S/C7H3FN.BrH.Zn/c8-7-3-1-2-6(4-7)5-9;;/h1,3-4H;1H;/q-1;;+2/p-1. The summed E-state index contributed by atoms with van der Waals surface area (Å²) >= 11 is 4.25. The molecule has 0 aromatic heterocycles. The van der Waals surface area contributed by atoms with E-state index in [2.05, 4.69) is 19.7 Å². The van der Waals surface area contributed by atoms with Crippen molar-refractivity contribution in [2.75, 3.05) is 0 Å². The van der Waals surface area contributed by atoms with Gasteiger partial charge in [0.1, 0.15) is 0 Å². The first-order valence-electron chi connectivity index (χ1n) is 2.67. The third kappa shape index (κ3) is 4.24. The van der Waals surface area contributed by atoms with E-state index in [0.29, 0.717) is 0 Å². The summed E-state index contributed by atoms with van der Waals surface area (Å²) in [5.74, 6) is -0.398. The molecule has 0 spiro atoms. The van der Waals surface area contributed by atoms with Crippen molar-refractivity contribution < 1.29 is 20.7 Å². The Labute approximate surface area is 81.3 Å². The average molecular weight is 265 g/mol. The van der Waals surface area contributed by atoms with E-state index in [1.54, 1.807) is 6.07 Å². The molecule has 0 heterocycles. The van der Waals surface area contributed by atoms with Gasteiger partial charge in [0.25, 0.3) is 0 Å². The van der Waals surface area contributed by atoms with Crippen molar-refractivity contribution in [1.82, 2.24) is 0 Å². The van der Waals surface area contributed by atoms with E-state index < -0.39 is 5.82 Å². The summed E-state index contributed by atoms with van der Waals surface area (Å²) < 4.78 is 12.2. The van der Waals surface area contributed by atoms with Gasteiger partial charge in [-0.05, 0) is 6.07 Å². The summed E-state index contributed by atoms with van der Waals surface area (Å²) in [5.41, 5.74) is 0.231. The van der Waals surface area contributed by atoms with E-state index in [1.807, 2.05) is 0 Å². The van der Waals surface area contributed by atoms with Gasteiger partial charge >= 0.3 is 30.0 Å². The van der Waals surface area contributed by atoms with Crippen molar-refractivity contribution in [1.29, 1.82) is 5.26 Å². The quantitative estimate of drug-likeness (QED) is 0.522. The van der Waals surface area contributed by atoms with Crippen LogP contribution in [0.1, 0.15) is 5.56 Å². The number of hydrogen-bond acceptors (Lipinski definition) is 1. The van der Waals surface area contributed by atoms with Gasteiger partial charge in [-0.15, -0.1) is 24.3 Å². The number of halogens is 2. The van der Waals surface area contributed by atoms with E-state index in [1.165, 1.54) is 28.5 Å². The first kappa shape index (κ1) is 10.7. The van der Waals surface area contributed by atoms with E-state index in [0.717, 1.165) is 6.07 Å². The van der Waals surface area contributed by atoms with Crippen LogP contribution in [-0.2, 0) is 16.3 Å². The zero-order valence-electron chi connectivity index (χ0n) is 5.64. The molecule has 0 aliphatic rings. The van der Waals surface area contributed by atoms with Crippen molar-refractivity contribution in [3.8, 4) is 6.07 Å². The van der Waals surface area contributed by atoms with Crippen LogP contribution >= 0.6 is 13.6 Å². The number of rotatable bonds is 0. The zero-order valence-corrected chi connectivity index (χ0v) is 10.2. The Bertz CT molecular complexity index is 259.